The van der Waals surface area contributed by atoms with Gasteiger partial charge < -0.3 is 15.2 Å². The fourth-order valence-electron chi connectivity index (χ4n) is 3.12. The van der Waals surface area contributed by atoms with Crippen molar-refractivity contribution >= 4 is 12.4 Å². The molecular weight excluding hydrogens is 300 g/mol. The van der Waals surface area contributed by atoms with Crippen LogP contribution >= 0.6 is 12.4 Å². The number of hydrogen-bond acceptors (Lipinski definition) is 4. The van der Waals surface area contributed by atoms with Crippen LogP contribution in [0.1, 0.15) is 32.4 Å². The van der Waals surface area contributed by atoms with Crippen molar-refractivity contribution in [1.82, 2.24) is 10.2 Å². The second-order valence-electron chi connectivity index (χ2n) is 6.34. The van der Waals surface area contributed by atoms with Crippen molar-refractivity contribution in [3.63, 3.8) is 0 Å². The van der Waals surface area contributed by atoms with Crippen LogP contribution < -0.4 is 10.1 Å². The minimum atomic E-state index is -0.192. The highest BCUT2D eigenvalue weighted by Gasteiger charge is 2.35. The largest absolute Gasteiger partial charge is 0.494 e. The fraction of sp³-hybridized carbons (Fsp3) is 0.647. The zero-order valence-electron chi connectivity index (χ0n) is 13.8. The summed E-state index contributed by atoms with van der Waals surface area (Å²) in [4.78, 5) is 2.47. The van der Waals surface area contributed by atoms with Gasteiger partial charge in [0.15, 0.2) is 0 Å². The standard InChI is InChI=1S/C17H28N2O2.ClH/c1-4-21-15-7-5-6-14(12-15)16(17(2,3)13-20)19-10-8-18-9-11-19;/h5-7,12,16,18,20H,4,8-11,13H2,1-3H3;1H/t16-;/m1./s1. The van der Waals surface area contributed by atoms with Gasteiger partial charge in [0.05, 0.1) is 6.61 Å². The SMILES string of the molecule is CCOc1cccc([C@@H](N2CCNCC2)C(C)(C)CO)c1.Cl. The van der Waals surface area contributed by atoms with E-state index in [2.05, 4.69) is 36.2 Å². The van der Waals surface area contributed by atoms with Crippen molar-refractivity contribution in [3.05, 3.63) is 29.8 Å². The minimum absolute atomic E-state index is 0. The third-order valence-corrected chi connectivity index (χ3v) is 4.15. The highest BCUT2D eigenvalue weighted by Crippen LogP contribution is 2.39. The third kappa shape index (κ3) is 4.59. The van der Waals surface area contributed by atoms with Gasteiger partial charge in [-0.05, 0) is 24.6 Å². The molecule has 4 nitrogen and oxygen atoms in total. The van der Waals surface area contributed by atoms with Crippen LogP contribution in [0.2, 0.25) is 0 Å². The quantitative estimate of drug-likeness (QED) is 0.842. The molecule has 0 spiro atoms. The number of nitrogens with one attached hydrogen (secondary N) is 1. The lowest BCUT2D eigenvalue weighted by Gasteiger charge is -2.43. The first-order chi connectivity index (χ1) is 10.1. The Hall–Kier alpha value is -0.810. The molecule has 126 valence electrons. The Kier molecular flexibility index (Phi) is 7.63. The smallest absolute Gasteiger partial charge is 0.119 e. The summed E-state index contributed by atoms with van der Waals surface area (Å²) in [6.07, 6.45) is 0. The van der Waals surface area contributed by atoms with Crippen LogP contribution in [0.3, 0.4) is 0 Å². The normalized spacial score (nSPS) is 17.6. The van der Waals surface area contributed by atoms with Gasteiger partial charge >= 0.3 is 0 Å². The van der Waals surface area contributed by atoms with E-state index in [9.17, 15) is 5.11 Å². The summed E-state index contributed by atoms with van der Waals surface area (Å²) < 4.78 is 5.64. The maximum Gasteiger partial charge on any atom is 0.119 e. The number of aliphatic hydroxyl groups is 1. The average molecular weight is 329 g/mol. The molecular formula is C17H29ClN2O2. The molecule has 0 aliphatic carbocycles. The topological polar surface area (TPSA) is 44.7 Å². The molecule has 2 N–H and O–H groups in total. The highest BCUT2D eigenvalue weighted by atomic mass is 35.5. The molecule has 1 heterocycles. The van der Waals surface area contributed by atoms with Crippen LogP contribution in [0.5, 0.6) is 5.75 Å². The number of halogens is 1. The van der Waals surface area contributed by atoms with Crippen LogP contribution in [0.15, 0.2) is 24.3 Å². The van der Waals surface area contributed by atoms with Crippen LogP contribution in [-0.4, -0.2) is 49.4 Å². The Bertz CT molecular complexity index is 448. The summed E-state index contributed by atoms with van der Waals surface area (Å²) in [7, 11) is 0. The summed E-state index contributed by atoms with van der Waals surface area (Å²) in [5, 5.41) is 13.2. The number of piperazine rings is 1. The number of nitrogens with zero attached hydrogens (tertiary/aromatic N) is 1. The number of ether oxygens (including phenoxy) is 1. The van der Waals surface area contributed by atoms with E-state index in [4.69, 9.17) is 4.74 Å². The molecule has 22 heavy (non-hydrogen) atoms. The Morgan fingerprint density at radius 1 is 1.32 bits per heavy atom. The Labute approximate surface area is 140 Å². The summed E-state index contributed by atoms with van der Waals surface area (Å²) >= 11 is 0. The zero-order chi connectivity index (χ0) is 15.3. The number of benzene rings is 1. The monoisotopic (exact) mass is 328 g/mol. The number of hydrogen-bond donors (Lipinski definition) is 2. The fourth-order valence-corrected chi connectivity index (χ4v) is 3.12. The van der Waals surface area contributed by atoms with Gasteiger partial charge in [0.1, 0.15) is 5.75 Å². The van der Waals surface area contributed by atoms with Gasteiger partial charge in [0, 0.05) is 44.2 Å². The predicted octanol–water partition coefficient (Wildman–Crippen LogP) is 2.47. The molecule has 5 heteroatoms. The molecule has 1 saturated heterocycles. The van der Waals surface area contributed by atoms with Crippen molar-refractivity contribution in [3.8, 4) is 5.75 Å². The summed E-state index contributed by atoms with van der Waals surface area (Å²) in [5.74, 6) is 0.906. The first-order valence-electron chi connectivity index (χ1n) is 7.87. The molecule has 0 bridgehead atoms. The summed E-state index contributed by atoms with van der Waals surface area (Å²) in [6, 6.07) is 8.50. The van der Waals surface area contributed by atoms with Gasteiger partial charge in [-0.3, -0.25) is 4.90 Å². The van der Waals surface area contributed by atoms with Crippen LogP contribution in [0.25, 0.3) is 0 Å². The number of aliphatic hydroxyl groups excluding tert-OH is 1. The molecule has 0 unspecified atom stereocenters. The second kappa shape index (κ2) is 8.73. The molecule has 0 amide bonds. The maximum absolute atomic E-state index is 9.86. The number of rotatable bonds is 6. The minimum Gasteiger partial charge on any atom is -0.494 e. The maximum atomic E-state index is 9.86. The van der Waals surface area contributed by atoms with E-state index in [1.54, 1.807) is 0 Å². The molecule has 0 radical (unpaired) electrons. The Morgan fingerprint density at radius 2 is 2.00 bits per heavy atom. The van der Waals surface area contributed by atoms with Crippen molar-refractivity contribution in [2.75, 3.05) is 39.4 Å². The lowest BCUT2D eigenvalue weighted by atomic mass is 9.79. The lowest BCUT2D eigenvalue weighted by Crippen LogP contribution is -2.49. The summed E-state index contributed by atoms with van der Waals surface area (Å²) in [6.45, 7) is 11.1. The van der Waals surface area contributed by atoms with Crippen molar-refractivity contribution in [1.29, 1.82) is 0 Å². The molecule has 1 aliphatic rings. The van der Waals surface area contributed by atoms with E-state index < -0.39 is 0 Å². The Balaban J connectivity index is 0.00000242. The molecule has 1 fully saturated rings. The molecule has 1 atom stereocenters. The van der Waals surface area contributed by atoms with Crippen molar-refractivity contribution in [2.24, 2.45) is 5.41 Å². The van der Waals surface area contributed by atoms with Gasteiger partial charge in [-0.25, -0.2) is 0 Å². The van der Waals surface area contributed by atoms with Crippen LogP contribution in [0, 0.1) is 5.41 Å². The van der Waals surface area contributed by atoms with Crippen LogP contribution in [-0.2, 0) is 0 Å². The van der Waals surface area contributed by atoms with Crippen molar-refractivity contribution in [2.45, 2.75) is 26.8 Å². The average Bonchev–Trinajstić information content (AvgIpc) is 2.49. The summed E-state index contributed by atoms with van der Waals surface area (Å²) in [5.41, 5.74) is 1.03. The molecule has 1 aromatic rings. The predicted molar refractivity (Wildman–Crippen MR) is 92.9 cm³/mol. The van der Waals surface area contributed by atoms with Gasteiger partial charge in [0.25, 0.3) is 0 Å². The van der Waals surface area contributed by atoms with Crippen LogP contribution in [0.4, 0.5) is 0 Å². The first-order valence-corrected chi connectivity index (χ1v) is 7.87. The van der Waals surface area contributed by atoms with Gasteiger partial charge in [-0.15, -0.1) is 12.4 Å². The van der Waals surface area contributed by atoms with E-state index in [1.165, 1.54) is 5.56 Å². The first kappa shape index (κ1) is 19.2. The molecule has 2 rings (SSSR count). The van der Waals surface area contributed by atoms with E-state index >= 15 is 0 Å². The van der Waals surface area contributed by atoms with E-state index in [0.29, 0.717) is 6.61 Å². The molecule has 1 aliphatic heterocycles. The van der Waals surface area contributed by atoms with E-state index in [0.717, 1.165) is 31.9 Å². The molecule has 1 aromatic carbocycles. The molecule has 0 saturated carbocycles. The van der Waals surface area contributed by atoms with Gasteiger partial charge in [-0.2, -0.15) is 0 Å². The van der Waals surface area contributed by atoms with Crippen molar-refractivity contribution < 1.29 is 9.84 Å². The highest BCUT2D eigenvalue weighted by molar-refractivity contribution is 5.85. The van der Waals surface area contributed by atoms with Gasteiger partial charge in [0.2, 0.25) is 0 Å². The van der Waals surface area contributed by atoms with E-state index in [-0.39, 0.29) is 30.5 Å². The van der Waals surface area contributed by atoms with Gasteiger partial charge in [-0.1, -0.05) is 26.0 Å². The molecule has 0 aromatic heterocycles. The Morgan fingerprint density at radius 3 is 2.59 bits per heavy atom. The third-order valence-electron chi connectivity index (χ3n) is 4.15. The zero-order valence-corrected chi connectivity index (χ0v) is 14.7. The lowest BCUT2D eigenvalue weighted by molar-refractivity contribution is 0.0304. The van der Waals surface area contributed by atoms with E-state index in [1.807, 2.05) is 19.1 Å². The second-order valence-corrected chi connectivity index (χ2v) is 6.34.